The summed E-state index contributed by atoms with van der Waals surface area (Å²) in [7, 11) is 1.26. The fourth-order valence-electron chi connectivity index (χ4n) is 1.11. The van der Waals surface area contributed by atoms with E-state index in [4.69, 9.17) is 23.2 Å². The Morgan fingerprint density at radius 3 is 2.93 bits per heavy atom. The highest BCUT2D eigenvalue weighted by molar-refractivity contribution is 6.34. The van der Waals surface area contributed by atoms with Crippen LogP contribution in [-0.2, 0) is 4.74 Å². The number of halogens is 2. The Morgan fingerprint density at radius 2 is 2.27 bits per heavy atom. The number of methoxy groups -OCH3 is 1. The molecule has 0 bridgehead atoms. The van der Waals surface area contributed by atoms with Gasteiger partial charge in [0.15, 0.2) is 11.3 Å². The summed E-state index contributed by atoms with van der Waals surface area (Å²) in [5, 5.41) is 4.45. The molecule has 78 valence electrons. The van der Waals surface area contributed by atoms with Gasteiger partial charge in [0.2, 0.25) is 0 Å². The molecule has 2 aromatic rings. The second-order valence-electron chi connectivity index (χ2n) is 2.68. The van der Waals surface area contributed by atoms with Gasteiger partial charge >= 0.3 is 5.97 Å². The minimum Gasteiger partial charge on any atom is -0.464 e. The van der Waals surface area contributed by atoms with Crippen molar-refractivity contribution in [3.63, 3.8) is 0 Å². The number of carbonyl (C=O) groups is 1. The predicted octanol–water partition coefficient (Wildman–Crippen LogP) is 1.82. The number of fused-ring (bicyclic) bond motifs is 1. The standard InChI is InChI=1S/C8H5Cl2N3O2/c1-15-8(14)5-2-6(10)13-7(12-5)4(9)3-11-13/h2-3H,1H3. The summed E-state index contributed by atoms with van der Waals surface area (Å²) in [5.41, 5.74) is 0.418. The van der Waals surface area contributed by atoms with E-state index in [1.54, 1.807) is 0 Å². The summed E-state index contributed by atoms with van der Waals surface area (Å²) >= 11 is 11.7. The molecule has 0 saturated heterocycles. The van der Waals surface area contributed by atoms with E-state index in [2.05, 4.69) is 14.8 Å². The topological polar surface area (TPSA) is 56.5 Å². The third-order valence-electron chi connectivity index (χ3n) is 1.78. The average molecular weight is 246 g/mol. The van der Waals surface area contributed by atoms with Gasteiger partial charge in [0, 0.05) is 6.07 Å². The van der Waals surface area contributed by atoms with E-state index in [0.717, 1.165) is 0 Å². The fraction of sp³-hybridized carbons (Fsp3) is 0.125. The van der Waals surface area contributed by atoms with E-state index >= 15 is 0 Å². The Labute approximate surface area is 94.6 Å². The molecule has 0 aliphatic rings. The monoisotopic (exact) mass is 245 g/mol. The van der Waals surface area contributed by atoms with Crippen LogP contribution in [0.2, 0.25) is 10.2 Å². The lowest BCUT2D eigenvalue weighted by Gasteiger charge is -2.01. The van der Waals surface area contributed by atoms with Crippen LogP contribution in [0.15, 0.2) is 12.3 Å². The van der Waals surface area contributed by atoms with Gasteiger partial charge in [0.05, 0.1) is 13.3 Å². The zero-order valence-corrected chi connectivity index (χ0v) is 9.08. The smallest absolute Gasteiger partial charge is 0.356 e. The van der Waals surface area contributed by atoms with Gasteiger partial charge in [-0.25, -0.2) is 14.3 Å². The molecule has 0 saturated carbocycles. The van der Waals surface area contributed by atoms with Crippen molar-refractivity contribution in [1.29, 1.82) is 0 Å². The minimum atomic E-state index is -0.573. The molecule has 0 N–H and O–H groups in total. The van der Waals surface area contributed by atoms with Gasteiger partial charge in [-0.3, -0.25) is 0 Å². The number of esters is 1. The Morgan fingerprint density at radius 1 is 1.53 bits per heavy atom. The zero-order chi connectivity index (χ0) is 11.0. The third-order valence-corrected chi connectivity index (χ3v) is 2.32. The van der Waals surface area contributed by atoms with E-state index < -0.39 is 5.97 Å². The molecular formula is C8H5Cl2N3O2. The molecule has 0 amide bonds. The second kappa shape index (κ2) is 3.67. The van der Waals surface area contributed by atoms with Crippen molar-refractivity contribution < 1.29 is 9.53 Å². The molecule has 0 radical (unpaired) electrons. The molecule has 2 rings (SSSR count). The Bertz CT molecular complexity index is 538. The highest BCUT2D eigenvalue weighted by atomic mass is 35.5. The molecule has 2 heterocycles. The van der Waals surface area contributed by atoms with Gasteiger partial charge in [-0.15, -0.1) is 0 Å². The maximum atomic E-state index is 11.2. The molecule has 0 spiro atoms. The second-order valence-corrected chi connectivity index (χ2v) is 3.48. The largest absolute Gasteiger partial charge is 0.464 e. The van der Waals surface area contributed by atoms with Crippen LogP contribution >= 0.6 is 23.2 Å². The third kappa shape index (κ3) is 1.64. The molecule has 0 aliphatic carbocycles. The molecule has 15 heavy (non-hydrogen) atoms. The number of aromatic nitrogens is 3. The normalized spacial score (nSPS) is 10.6. The van der Waals surface area contributed by atoms with Gasteiger partial charge in [-0.2, -0.15) is 5.10 Å². The number of nitrogens with zero attached hydrogens (tertiary/aromatic N) is 3. The SMILES string of the molecule is COC(=O)c1cc(Cl)n2ncc(Cl)c2n1. The van der Waals surface area contributed by atoms with Crippen molar-refractivity contribution in [2.45, 2.75) is 0 Å². The van der Waals surface area contributed by atoms with Crippen molar-refractivity contribution in [1.82, 2.24) is 14.6 Å². The lowest BCUT2D eigenvalue weighted by atomic mass is 10.4. The van der Waals surface area contributed by atoms with Crippen LogP contribution in [0.5, 0.6) is 0 Å². The van der Waals surface area contributed by atoms with E-state index in [0.29, 0.717) is 10.7 Å². The molecule has 0 aliphatic heterocycles. The fourth-order valence-corrected chi connectivity index (χ4v) is 1.50. The number of carbonyl (C=O) groups excluding carboxylic acids is 1. The van der Waals surface area contributed by atoms with Crippen molar-refractivity contribution in [2.75, 3.05) is 7.11 Å². The van der Waals surface area contributed by atoms with E-state index in [-0.39, 0.29) is 10.8 Å². The van der Waals surface area contributed by atoms with Crippen LogP contribution in [0.25, 0.3) is 5.65 Å². The Hall–Kier alpha value is -1.33. The summed E-state index contributed by atoms with van der Waals surface area (Å²) in [6.07, 6.45) is 1.40. The first kappa shape index (κ1) is 10.2. The number of hydrogen-bond donors (Lipinski definition) is 0. The van der Waals surface area contributed by atoms with Crippen LogP contribution in [0.3, 0.4) is 0 Å². The first-order valence-electron chi connectivity index (χ1n) is 3.91. The summed E-state index contributed by atoms with van der Waals surface area (Å²) < 4.78 is 5.85. The van der Waals surface area contributed by atoms with Gasteiger partial charge in [-0.1, -0.05) is 23.2 Å². The molecule has 0 unspecified atom stereocenters. The van der Waals surface area contributed by atoms with Crippen molar-refractivity contribution in [2.24, 2.45) is 0 Å². The van der Waals surface area contributed by atoms with Crippen molar-refractivity contribution in [3.8, 4) is 0 Å². The summed E-state index contributed by atoms with van der Waals surface area (Å²) in [4.78, 5) is 15.2. The molecule has 0 fully saturated rings. The van der Waals surface area contributed by atoms with Gasteiger partial charge in [-0.05, 0) is 0 Å². The van der Waals surface area contributed by atoms with Crippen LogP contribution in [-0.4, -0.2) is 27.7 Å². The average Bonchev–Trinajstić information content (AvgIpc) is 2.60. The predicted molar refractivity (Wildman–Crippen MR) is 54.3 cm³/mol. The van der Waals surface area contributed by atoms with Gasteiger partial charge in [0.25, 0.3) is 0 Å². The van der Waals surface area contributed by atoms with Crippen LogP contribution in [0.4, 0.5) is 0 Å². The minimum absolute atomic E-state index is 0.0948. The highest BCUT2D eigenvalue weighted by Crippen LogP contribution is 2.19. The molecule has 2 aromatic heterocycles. The lowest BCUT2D eigenvalue weighted by Crippen LogP contribution is -2.06. The highest BCUT2D eigenvalue weighted by Gasteiger charge is 2.13. The molecule has 7 heteroatoms. The number of hydrogen-bond acceptors (Lipinski definition) is 4. The van der Waals surface area contributed by atoms with Crippen LogP contribution in [0.1, 0.15) is 10.5 Å². The van der Waals surface area contributed by atoms with Crippen molar-refractivity contribution in [3.05, 3.63) is 28.1 Å². The van der Waals surface area contributed by atoms with E-state index in [1.807, 2.05) is 0 Å². The molecular weight excluding hydrogens is 241 g/mol. The van der Waals surface area contributed by atoms with E-state index in [9.17, 15) is 4.79 Å². The lowest BCUT2D eigenvalue weighted by molar-refractivity contribution is 0.0594. The van der Waals surface area contributed by atoms with Crippen LogP contribution in [0, 0.1) is 0 Å². The summed E-state index contributed by atoms with van der Waals surface area (Å²) in [5.74, 6) is -0.573. The Balaban J connectivity index is 2.70. The Kier molecular flexibility index (Phi) is 2.50. The quantitative estimate of drug-likeness (QED) is 0.568. The number of ether oxygens (including phenoxy) is 1. The van der Waals surface area contributed by atoms with Crippen molar-refractivity contribution >= 4 is 34.8 Å². The first-order chi connectivity index (χ1) is 7.13. The van der Waals surface area contributed by atoms with Gasteiger partial charge in [0.1, 0.15) is 10.2 Å². The van der Waals surface area contributed by atoms with E-state index in [1.165, 1.54) is 23.9 Å². The van der Waals surface area contributed by atoms with Crippen LogP contribution < -0.4 is 0 Å². The van der Waals surface area contributed by atoms with Gasteiger partial charge < -0.3 is 4.74 Å². The maximum absolute atomic E-state index is 11.2. The molecule has 5 nitrogen and oxygen atoms in total. The zero-order valence-electron chi connectivity index (χ0n) is 7.57. The summed E-state index contributed by atoms with van der Waals surface area (Å²) in [6, 6.07) is 1.36. The molecule has 0 atom stereocenters. The molecule has 0 aromatic carbocycles. The maximum Gasteiger partial charge on any atom is 0.356 e. The first-order valence-corrected chi connectivity index (χ1v) is 4.67. The number of rotatable bonds is 1. The summed E-state index contributed by atoms with van der Waals surface area (Å²) in [6.45, 7) is 0.